The van der Waals surface area contributed by atoms with Crippen LogP contribution in [0.5, 0.6) is 0 Å². The highest BCUT2D eigenvalue weighted by atomic mass is 16.2. The molecule has 0 bridgehead atoms. The third kappa shape index (κ3) is 4.43. The van der Waals surface area contributed by atoms with Crippen molar-refractivity contribution in [3.63, 3.8) is 0 Å². The van der Waals surface area contributed by atoms with E-state index < -0.39 is 6.04 Å². The fourth-order valence-electron chi connectivity index (χ4n) is 1.76. The van der Waals surface area contributed by atoms with Crippen LogP contribution in [0, 0.1) is 18.3 Å². The van der Waals surface area contributed by atoms with Gasteiger partial charge in [0.25, 0.3) is 5.91 Å². The molecule has 0 saturated heterocycles. The van der Waals surface area contributed by atoms with Gasteiger partial charge in [-0.2, -0.15) is 0 Å². The summed E-state index contributed by atoms with van der Waals surface area (Å²) in [5.41, 5.74) is 0.533. The van der Waals surface area contributed by atoms with E-state index in [1.807, 2.05) is 19.9 Å². The highest BCUT2D eigenvalue weighted by Crippen LogP contribution is 2.09. The lowest BCUT2D eigenvalue weighted by Crippen LogP contribution is -2.50. The van der Waals surface area contributed by atoms with E-state index in [4.69, 9.17) is 6.42 Å². The first kappa shape index (κ1) is 15.8. The SMILES string of the molecule is C#CCNC(=O)C(NC(=O)c1ccccc1)C(C)CC. The second-order valence-corrected chi connectivity index (χ2v) is 4.62. The number of rotatable bonds is 6. The van der Waals surface area contributed by atoms with Crippen molar-refractivity contribution < 1.29 is 9.59 Å². The zero-order valence-corrected chi connectivity index (χ0v) is 11.8. The van der Waals surface area contributed by atoms with Crippen molar-refractivity contribution >= 4 is 11.8 Å². The van der Waals surface area contributed by atoms with Crippen LogP contribution in [0.4, 0.5) is 0 Å². The monoisotopic (exact) mass is 272 g/mol. The Hall–Kier alpha value is -2.28. The molecule has 2 amide bonds. The van der Waals surface area contributed by atoms with E-state index in [1.54, 1.807) is 24.3 Å². The van der Waals surface area contributed by atoms with Crippen LogP contribution in [-0.4, -0.2) is 24.4 Å². The Bertz CT molecular complexity index is 491. The van der Waals surface area contributed by atoms with Gasteiger partial charge in [0, 0.05) is 5.56 Å². The van der Waals surface area contributed by atoms with Crippen LogP contribution < -0.4 is 10.6 Å². The number of hydrogen-bond acceptors (Lipinski definition) is 2. The molecule has 0 aromatic heterocycles. The van der Waals surface area contributed by atoms with Crippen molar-refractivity contribution in [2.45, 2.75) is 26.3 Å². The molecule has 0 heterocycles. The molecule has 0 spiro atoms. The smallest absolute Gasteiger partial charge is 0.251 e. The molecule has 4 nitrogen and oxygen atoms in total. The van der Waals surface area contributed by atoms with Gasteiger partial charge in [-0.15, -0.1) is 6.42 Å². The standard InChI is InChI=1S/C16H20N2O2/c1-4-11-17-16(20)14(12(3)5-2)18-15(19)13-9-7-6-8-10-13/h1,6-10,12,14H,5,11H2,2-3H3,(H,17,20)(H,18,19). The van der Waals surface area contributed by atoms with Gasteiger partial charge in [0.2, 0.25) is 5.91 Å². The fourth-order valence-corrected chi connectivity index (χ4v) is 1.76. The molecule has 0 aliphatic rings. The average Bonchev–Trinajstić information content (AvgIpc) is 2.50. The van der Waals surface area contributed by atoms with Crippen LogP contribution in [0.2, 0.25) is 0 Å². The van der Waals surface area contributed by atoms with E-state index in [0.29, 0.717) is 5.56 Å². The summed E-state index contributed by atoms with van der Waals surface area (Å²) < 4.78 is 0. The van der Waals surface area contributed by atoms with Gasteiger partial charge in [-0.3, -0.25) is 9.59 Å². The molecular weight excluding hydrogens is 252 g/mol. The van der Waals surface area contributed by atoms with Crippen molar-refractivity contribution in [2.75, 3.05) is 6.54 Å². The highest BCUT2D eigenvalue weighted by molar-refractivity contribution is 5.97. The molecule has 0 fully saturated rings. The quantitative estimate of drug-likeness (QED) is 0.772. The molecule has 2 atom stereocenters. The van der Waals surface area contributed by atoms with Crippen LogP contribution >= 0.6 is 0 Å². The summed E-state index contributed by atoms with van der Waals surface area (Å²) in [6.45, 7) is 4.05. The number of amides is 2. The van der Waals surface area contributed by atoms with Crippen molar-refractivity contribution in [3.05, 3.63) is 35.9 Å². The molecule has 0 radical (unpaired) electrons. The van der Waals surface area contributed by atoms with Crippen molar-refractivity contribution in [1.29, 1.82) is 0 Å². The van der Waals surface area contributed by atoms with Gasteiger partial charge >= 0.3 is 0 Å². The van der Waals surface area contributed by atoms with Gasteiger partial charge in [0.1, 0.15) is 6.04 Å². The molecule has 1 aromatic carbocycles. The zero-order valence-electron chi connectivity index (χ0n) is 11.8. The molecule has 20 heavy (non-hydrogen) atoms. The molecule has 106 valence electrons. The zero-order chi connectivity index (χ0) is 15.0. The second-order valence-electron chi connectivity index (χ2n) is 4.62. The summed E-state index contributed by atoms with van der Waals surface area (Å²) >= 11 is 0. The van der Waals surface area contributed by atoms with Crippen molar-refractivity contribution in [2.24, 2.45) is 5.92 Å². The largest absolute Gasteiger partial charge is 0.343 e. The van der Waals surface area contributed by atoms with Crippen LogP contribution in [0.3, 0.4) is 0 Å². The number of nitrogens with one attached hydrogen (secondary N) is 2. The fraction of sp³-hybridized carbons (Fsp3) is 0.375. The second kappa shape index (κ2) is 8.00. The summed E-state index contributed by atoms with van der Waals surface area (Å²) in [5, 5.41) is 5.39. The van der Waals surface area contributed by atoms with Gasteiger partial charge in [-0.25, -0.2) is 0 Å². The van der Waals surface area contributed by atoms with Crippen molar-refractivity contribution in [1.82, 2.24) is 10.6 Å². The van der Waals surface area contributed by atoms with E-state index in [2.05, 4.69) is 16.6 Å². The Morgan fingerprint density at radius 2 is 1.95 bits per heavy atom. The van der Waals surface area contributed by atoms with Gasteiger partial charge in [0.05, 0.1) is 6.54 Å². The number of carbonyl (C=O) groups is 2. The molecule has 0 aliphatic carbocycles. The van der Waals surface area contributed by atoms with Gasteiger partial charge in [0.15, 0.2) is 0 Å². The lowest BCUT2D eigenvalue weighted by atomic mass is 9.98. The molecule has 1 rings (SSSR count). The summed E-state index contributed by atoms with van der Waals surface area (Å²) in [6.07, 6.45) is 5.91. The molecule has 1 aromatic rings. The van der Waals surface area contributed by atoms with Crippen LogP contribution in [0.15, 0.2) is 30.3 Å². The summed E-state index contributed by atoms with van der Waals surface area (Å²) in [4.78, 5) is 24.2. The summed E-state index contributed by atoms with van der Waals surface area (Å²) in [6, 6.07) is 8.24. The summed E-state index contributed by atoms with van der Waals surface area (Å²) in [7, 11) is 0. The summed E-state index contributed by atoms with van der Waals surface area (Å²) in [5.74, 6) is 1.87. The van der Waals surface area contributed by atoms with Gasteiger partial charge in [-0.1, -0.05) is 44.4 Å². The average molecular weight is 272 g/mol. The Labute approximate surface area is 120 Å². The van der Waals surface area contributed by atoms with E-state index in [-0.39, 0.29) is 24.3 Å². The predicted octanol–water partition coefficient (Wildman–Crippen LogP) is 1.58. The first-order valence-corrected chi connectivity index (χ1v) is 6.67. The number of hydrogen-bond donors (Lipinski definition) is 2. The van der Waals surface area contributed by atoms with E-state index in [0.717, 1.165) is 6.42 Å². The third-order valence-electron chi connectivity index (χ3n) is 3.18. The normalized spacial score (nSPS) is 12.8. The maximum Gasteiger partial charge on any atom is 0.251 e. The molecule has 4 heteroatoms. The Balaban J connectivity index is 2.77. The van der Waals surface area contributed by atoms with Crippen LogP contribution in [0.25, 0.3) is 0 Å². The Morgan fingerprint density at radius 3 is 2.50 bits per heavy atom. The minimum atomic E-state index is -0.582. The number of terminal acetylenes is 1. The molecular formula is C16H20N2O2. The Kier molecular flexibility index (Phi) is 6.31. The molecule has 2 unspecified atom stereocenters. The molecule has 0 saturated carbocycles. The first-order valence-electron chi connectivity index (χ1n) is 6.67. The van der Waals surface area contributed by atoms with Gasteiger partial charge in [-0.05, 0) is 18.1 Å². The minimum Gasteiger partial charge on any atom is -0.343 e. The van der Waals surface area contributed by atoms with E-state index >= 15 is 0 Å². The third-order valence-corrected chi connectivity index (χ3v) is 3.18. The van der Waals surface area contributed by atoms with E-state index in [1.165, 1.54) is 0 Å². The predicted molar refractivity (Wildman–Crippen MR) is 79.0 cm³/mol. The van der Waals surface area contributed by atoms with Crippen LogP contribution in [0.1, 0.15) is 30.6 Å². The first-order chi connectivity index (χ1) is 9.60. The lowest BCUT2D eigenvalue weighted by molar-refractivity contribution is -0.123. The lowest BCUT2D eigenvalue weighted by Gasteiger charge is -2.23. The maximum absolute atomic E-state index is 12.1. The number of carbonyl (C=O) groups excluding carboxylic acids is 2. The molecule has 2 N–H and O–H groups in total. The van der Waals surface area contributed by atoms with Crippen molar-refractivity contribution in [3.8, 4) is 12.3 Å². The van der Waals surface area contributed by atoms with E-state index in [9.17, 15) is 9.59 Å². The topological polar surface area (TPSA) is 58.2 Å². The molecule has 0 aliphatic heterocycles. The highest BCUT2D eigenvalue weighted by Gasteiger charge is 2.25. The number of benzene rings is 1. The van der Waals surface area contributed by atoms with Crippen LogP contribution in [-0.2, 0) is 4.79 Å². The Morgan fingerprint density at radius 1 is 1.30 bits per heavy atom. The maximum atomic E-state index is 12.1. The minimum absolute atomic E-state index is 0.0282. The van der Waals surface area contributed by atoms with Gasteiger partial charge < -0.3 is 10.6 Å².